The van der Waals surface area contributed by atoms with Crippen molar-refractivity contribution in [1.29, 1.82) is 0 Å². The zero-order valence-electron chi connectivity index (χ0n) is 16.5. The lowest BCUT2D eigenvalue weighted by atomic mass is 10.0. The quantitative estimate of drug-likeness (QED) is 0.642. The van der Waals surface area contributed by atoms with E-state index in [-0.39, 0.29) is 0 Å². The molecule has 0 bridgehead atoms. The van der Waals surface area contributed by atoms with Crippen molar-refractivity contribution in [2.24, 2.45) is 0 Å². The van der Waals surface area contributed by atoms with Crippen molar-refractivity contribution in [1.82, 2.24) is 4.90 Å². The largest absolute Gasteiger partial charge is 0.497 e. The van der Waals surface area contributed by atoms with Crippen LogP contribution in [0.3, 0.4) is 0 Å². The summed E-state index contributed by atoms with van der Waals surface area (Å²) in [6.45, 7) is 4.01. The maximum atomic E-state index is 6.31. The Labute approximate surface area is 164 Å². The summed E-state index contributed by atoms with van der Waals surface area (Å²) in [5.41, 5.74) is 2.94. The number of benzene rings is 2. The van der Waals surface area contributed by atoms with Crippen molar-refractivity contribution >= 4 is 11.0 Å². The van der Waals surface area contributed by atoms with Gasteiger partial charge in [0.05, 0.1) is 41.1 Å². The summed E-state index contributed by atoms with van der Waals surface area (Å²) in [5.74, 6) is 3.09. The molecule has 0 saturated carbocycles. The minimum absolute atomic E-state index is 0.656. The SMILES string of the molecule is COc1ccc(-c2c(CN3CCOCC3)oc3cc(OC)c(OC)cc23)cc1. The van der Waals surface area contributed by atoms with Crippen LogP contribution in [0, 0.1) is 0 Å². The van der Waals surface area contributed by atoms with Gasteiger partial charge in [0.15, 0.2) is 11.5 Å². The summed E-state index contributed by atoms with van der Waals surface area (Å²) in [6, 6.07) is 11.9. The summed E-state index contributed by atoms with van der Waals surface area (Å²) < 4.78 is 28.1. The van der Waals surface area contributed by atoms with E-state index < -0.39 is 0 Å². The molecule has 0 amide bonds. The Kier molecular flexibility index (Phi) is 5.41. The van der Waals surface area contributed by atoms with E-state index in [1.165, 1.54) is 0 Å². The first-order valence-corrected chi connectivity index (χ1v) is 9.35. The molecule has 3 aromatic rings. The van der Waals surface area contributed by atoms with Crippen molar-refractivity contribution in [2.45, 2.75) is 6.54 Å². The van der Waals surface area contributed by atoms with Crippen LogP contribution in [-0.2, 0) is 11.3 Å². The Morgan fingerprint density at radius 3 is 2.21 bits per heavy atom. The van der Waals surface area contributed by atoms with Gasteiger partial charge in [0.2, 0.25) is 0 Å². The molecule has 2 aromatic carbocycles. The van der Waals surface area contributed by atoms with E-state index >= 15 is 0 Å². The van der Waals surface area contributed by atoms with Crippen LogP contribution in [0.5, 0.6) is 17.2 Å². The van der Waals surface area contributed by atoms with Gasteiger partial charge >= 0.3 is 0 Å². The first kappa shape index (κ1) is 18.7. The molecule has 4 rings (SSSR count). The van der Waals surface area contributed by atoms with Crippen LogP contribution in [0.25, 0.3) is 22.1 Å². The molecule has 1 aliphatic heterocycles. The molecule has 0 unspecified atom stereocenters. The van der Waals surface area contributed by atoms with Crippen LogP contribution in [0.2, 0.25) is 0 Å². The van der Waals surface area contributed by atoms with Crippen LogP contribution < -0.4 is 14.2 Å². The average molecular weight is 383 g/mol. The van der Waals surface area contributed by atoms with E-state index in [1.54, 1.807) is 21.3 Å². The number of morpholine rings is 1. The highest BCUT2D eigenvalue weighted by Crippen LogP contribution is 2.41. The Balaban J connectivity index is 1.84. The molecule has 0 N–H and O–H groups in total. The standard InChI is InChI=1S/C22H25NO5/c1-24-16-6-4-15(5-7-16)22-17-12-19(25-2)20(26-3)13-18(17)28-21(22)14-23-8-10-27-11-9-23/h4-7,12-13H,8-11,14H2,1-3H3. The molecule has 0 spiro atoms. The zero-order chi connectivity index (χ0) is 19.5. The molecule has 1 aliphatic rings. The Morgan fingerprint density at radius 2 is 1.57 bits per heavy atom. The molecule has 6 nitrogen and oxygen atoms in total. The van der Waals surface area contributed by atoms with Gasteiger partial charge in [-0.3, -0.25) is 4.90 Å². The Bertz CT molecular complexity index is 942. The normalized spacial score (nSPS) is 15.0. The van der Waals surface area contributed by atoms with E-state index in [0.717, 1.165) is 66.5 Å². The van der Waals surface area contributed by atoms with Gasteiger partial charge in [-0.25, -0.2) is 0 Å². The number of fused-ring (bicyclic) bond motifs is 1. The third kappa shape index (κ3) is 3.53. The van der Waals surface area contributed by atoms with E-state index in [2.05, 4.69) is 17.0 Å². The average Bonchev–Trinajstić information content (AvgIpc) is 3.10. The predicted molar refractivity (Wildman–Crippen MR) is 107 cm³/mol. The molecular formula is C22H25NO5. The lowest BCUT2D eigenvalue weighted by Crippen LogP contribution is -2.35. The summed E-state index contributed by atoms with van der Waals surface area (Å²) in [6.07, 6.45) is 0. The molecule has 1 saturated heterocycles. The van der Waals surface area contributed by atoms with E-state index in [4.69, 9.17) is 23.4 Å². The maximum absolute atomic E-state index is 6.31. The number of hydrogen-bond acceptors (Lipinski definition) is 6. The smallest absolute Gasteiger partial charge is 0.164 e. The van der Waals surface area contributed by atoms with Crippen molar-refractivity contribution < 1.29 is 23.4 Å². The fourth-order valence-corrected chi connectivity index (χ4v) is 3.62. The van der Waals surface area contributed by atoms with Crippen LogP contribution in [0.15, 0.2) is 40.8 Å². The first-order valence-electron chi connectivity index (χ1n) is 9.35. The highest BCUT2D eigenvalue weighted by atomic mass is 16.5. The van der Waals surface area contributed by atoms with Gasteiger partial charge in [0.25, 0.3) is 0 Å². The van der Waals surface area contributed by atoms with Crippen LogP contribution >= 0.6 is 0 Å². The van der Waals surface area contributed by atoms with Crippen molar-refractivity contribution in [3.05, 3.63) is 42.2 Å². The van der Waals surface area contributed by atoms with Crippen molar-refractivity contribution in [3.8, 4) is 28.4 Å². The van der Waals surface area contributed by atoms with Gasteiger partial charge in [-0.05, 0) is 23.8 Å². The summed E-state index contributed by atoms with van der Waals surface area (Å²) in [7, 11) is 4.94. The van der Waals surface area contributed by atoms with Crippen LogP contribution in [0.4, 0.5) is 0 Å². The molecule has 1 aromatic heterocycles. The zero-order valence-corrected chi connectivity index (χ0v) is 16.5. The van der Waals surface area contributed by atoms with Gasteiger partial charge in [-0.2, -0.15) is 0 Å². The molecule has 2 heterocycles. The van der Waals surface area contributed by atoms with E-state index in [9.17, 15) is 0 Å². The molecule has 148 valence electrons. The summed E-state index contributed by atoms with van der Waals surface area (Å²) in [5, 5.41) is 1.01. The number of furan rings is 1. The second-order valence-corrected chi connectivity index (χ2v) is 6.72. The van der Waals surface area contributed by atoms with E-state index in [1.807, 2.05) is 24.3 Å². The molecular weight excluding hydrogens is 358 g/mol. The Morgan fingerprint density at radius 1 is 0.893 bits per heavy atom. The molecule has 0 atom stereocenters. The Hall–Kier alpha value is -2.70. The summed E-state index contributed by atoms with van der Waals surface area (Å²) in [4.78, 5) is 2.35. The van der Waals surface area contributed by atoms with E-state index in [0.29, 0.717) is 11.5 Å². The second-order valence-electron chi connectivity index (χ2n) is 6.72. The predicted octanol–water partition coefficient (Wildman–Crippen LogP) is 3.96. The van der Waals surface area contributed by atoms with Gasteiger partial charge < -0.3 is 23.4 Å². The van der Waals surface area contributed by atoms with Gasteiger partial charge in [0, 0.05) is 30.1 Å². The lowest BCUT2D eigenvalue weighted by molar-refractivity contribution is 0.0316. The molecule has 0 radical (unpaired) electrons. The number of rotatable bonds is 6. The second kappa shape index (κ2) is 8.12. The topological polar surface area (TPSA) is 53.3 Å². The summed E-state index contributed by atoms with van der Waals surface area (Å²) >= 11 is 0. The fraction of sp³-hybridized carbons (Fsp3) is 0.364. The highest BCUT2D eigenvalue weighted by Gasteiger charge is 2.22. The first-order chi connectivity index (χ1) is 13.7. The monoisotopic (exact) mass is 383 g/mol. The van der Waals surface area contributed by atoms with Crippen LogP contribution in [0.1, 0.15) is 5.76 Å². The number of nitrogens with zero attached hydrogens (tertiary/aromatic N) is 1. The number of ether oxygens (including phenoxy) is 4. The van der Waals surface area contributed by atoms with Gasteiger partial charge in [-0.1, -0.05) is 12.1 Å². The fourth-order valence-electron chi connectivity index (χ4n) is 3.62. The molecule has 6 heteroatoms. The van der Waals surface area contributed by atoms with Crippen LogP contribution in [-0.4, -0.2) is 52.5 Å². The number of hydrogen-bond donors (Lipinski definition) is 0. The molecule has 0 aliphatic carbocycles. The third-order valence-electron chi connectivity index (χ3n) is 5.12. The molecule has 1 fully saturated rings. The van der Waals surface area contributed by atoms with Gasteiger partial charge in [0.1, 0.15) is 17.1 Å². The highest BCUT2D eigenvalue weighted by molar-refractivity contribution is 5.97. The van der Waals surface area contributed by atoms with Gasteiger partial charge in [-0.15, -0.1) is 0 Å². The molecule has 28 heavy (non-hydrogen) atoms. The maximum Gasteiger partial charge on any atom is 0.164 e. The number of methoxy groups -OCH3 is 3. The minimum Gasteiger partial charge on any atom is -0.497 e. The third-order valence-corrected chi connectivity index (χ3v) is 5.12. The lowest BCUT2D eigenvalue weighted by Gasteiger charge is -2.26. The van der Waals surface area contributed by atoms with Crippen molar-refractivity contribution in [3.63, 3.8) is 0 Å². The van der Waals surface area contributed by atoms with Crippen molar-refractivity contribution in [2.75, 3.05) is 47.6 Å². The minimum atomic E-state index is 0.656.